The highest BCUT2D eigenvalue weighted by Crippen LogP contribution is 2.44. The molecule has 3 rings (SSSR count). The van der Waals surface area contributed by atoms with Crippen molar-refractivity contribution < 1.29 is 4.84 Å². The van der Waals surface area contributed by atoms with Crippen molar-refractivity contribution in [1.82, 2.24) is 0 Å². The Balaban J connectivity index is 1.98. The Hall–Kier alpha value is -1.94. The number of nitrogens with one attached hydrogen (secondary N) is 1. The Labute approximate surface area is 116 Å². The molecule has 2 aromatic carbocycles. The monoisotopic (exact) mass is 270 g/mol. The lowest BCUT2D eigenvalue weighted by atomic mass is 10.1. The number of rotatable bonds is 2. The van der Waals surface area contributed by atoms with Crippen LogP contribution in [-0.2, 0) is 4.84 Å². The third-order valence-corrected chi connectivity index (χ3v) is 4.15. The van der Waals surface area contributed by atoms with E-state index >= 15 is 0 Å². The molecular formula is C15H14N2OS. The Morgan fingerprint density at radius 2 is 1.89 bits per heavy atom. The van der Waals surface area contributed by atoms with Crippen LogP contribution in [0.1, 0.15) is 12.5 Å². The number of nitrogens with zero attached hydrogens (tertiary/aromatic N) is 1. The van der Waals surface area contributed by atoms with Gasteiger partial charge in [-0.1, -0.05) is 35.1 Å². The van der Waals surface area contributed by atoms with E-state index in [4.69, 9.17) is 4.84 Å². The molecule has 2 aromatic rings. The van der Waals surface area contributed by atoms with Crippen LogP contribution in [0.25, 0.3) is 0 Å². The maximum absolute atomic E-state index is 4.82. The first kappa shape index (κ1) is 12.1. The molecule has 1 N–H and O–H groups in total. The molecular weight excluding hydrogens is 256 g/mol. The SMILES string of the molecule is CO/N=C(\C)c1ccc2c(c1)Nc1ccccc1S2. The fourth-order valence-corrected chi connectivity index (χ4v) is 3.02. The number of para-hydroxylation sites is 1. The van der Waals surface area contributed by atoms with Gasteiger partial charge in [-0.15, -0.1) is 0 Å². The Kier molecular flexibility index (Phi) is 3.17. The topological polar surface area (TPSA) is 33.6 Å². The minimum absolute atomic E-state index is 0.871. The Morgan fingerprint density at radius 1 is 1.11 bits per heavy atom. The van der Waals surface area contributed by atoms with Crippen molar-refractivity contribution in [2.75, 3.05) is 12.4 Å². The van der Waals surface area contributed by atoms with E-state index < -0.39 is 0 Å². The molecule has 3 nitrogen and oxygen atoms in total. The zero-order valence-electron chi connectivity index (χ0n) is 10.8. The highest BCUT2D eigenvalue weighted by atomic mass is 32.2. The molecule has 0 atom stereocenters. The number of oxime groups is 1. The van der Waals surface area contributed by atoms with Crippen molar-refractivity contribution >= 4 is 28.8 Å². The van der Waals surface area contributed by atoms with Crippen molar-refractivity contribution in [3.63, 3.8) is 0 Å². The summed E-state index contributed by atoms with van der Waals surface area (Å²) in [5.74, 6) is 0. The van der Waals surface area contributed by atoms with Crippen LogP contribution >= 0.6 is 11.8 Å². The maximum Gasteiger partial charge on any atom is 0.106 e. The number of hydrogen-bond acceptors (Lipinski definition) is 4. The molecule has 0 aromatic heterocycles. The average Bonchev–Trinajstić information content (AvgIpc) is 2.44. The van der Waals surface area contributed by atoms with Crippen LogP contribution in [0.4, 0.5) is 11.4 Å². The first-order chi connectivity index (χ1) is 9.28. The maximum atomic E-state index is 4.82. The van der Waals surface area contributed by atoms with Crippen LogP contribution in [0.5, 0.6) is 0 Å². The normalized spacial score (nSPS) is 13.3. The van der Waals surface area contributed by atoms with E-state index in [-0.39, 0.29) is 0 Å². The molecule has 0 saturated carbocycles. The van der Waals surface area contributed by atoms with Gasteiger partial charge in [0, 0.05) is 15.4 Å². The predicted octanol–water partition coefficient (Wildman–Crippen LogP) is 4.27. The number of hydrogen-bond donors (Lipinski definition) is 1. The van der Waals surface area contributed by atoms with E-state index in [1.165, 1.54) is 9.79 Å². The van der Waals surface area contributed by atoms with E-state index in [9.17, 15) is 0 Å². The lowest BCUT2D eigenvalue weighted by Crippen LogP contribution is -2.02. The van der Waals surface area contributed by atoms with Crippen LogP contribution < -0.4 is 5.32 Å². The fraction of sp³-hybridized carbons (Fsp3) is 0.133. The summed E-state index contributed by atoms with van der Waals surface area (Å²) in [7, 11) is 1.56. The third-order valence-electron chi connectivity index (χ3n) is 3.00. The number of benzene rings is 2. The number of fused-ring (bicyclic) bond motifs is 2. The predicted molar refractivity (Wildman–Crippen MR) is 79.5 cm³/mol. The Bertz CT molecular complexity index is 652. The molecule has 0 radical (unpaired) electrons. The first-order valence-corrected chi connectivity index (χ1v) is 6.85. The molecule has 0 unspecified atom stereocenters. The molecule has 4 heteroatoms. The van der Waals surface area contributed by atoms with E-state index in [1.807, 2.05) is 13.0 Å². The van der Waals surface area contributed by atoms with Crippen LogP contribution in [0.3, 0.4) is 0 Å². The molecule has 1 aliphatic rings. The highest BCUT2D eigenvalue weighted by molar-refractivity contribution is 7.99. The Morgan fingerprint density at radius 3 is 2.74 bits per heavy atom. The molecule has 0 aliphatic carbocycles. The summed E-state index contributed by atoms with van der Waals surface area (Å²) in [6, 6.07) is 14.6. The molecule has 1 heterocycles. The standard InChI is InChI=1S/C15H14N2OS/c1-10(17-18-2)11-7-8-15-13(9-11)16-12-5-3-4-6-14(12)19-15/h3-9,16H,1-2H3/b17-10+. The quantitative estimate of drug-likeness (QED) is 0.558. The highest BCUT2D eigenvalue weighted by Gasteiger charge is 2.15. The second-order valence-corrected chi connectivity index (χ2v) is 5.38. The van der Waals surface area contributed by atoms with Crippen LogP contribution in [0, 0.1) is 0 Å². The summed E-state index contributed by atoms with van der Waals surface area (Å²) < 4.78 is 0. The van der Waals surface area contributed by atoms with Crippen molar-refractivity contribution in [1.29, 1.82) is 0 Å². The fourth-order valence-electron chi connectivity index (χ4n) is 2.05. The van der Waals surface area contributed by atoms with Crippen molar-refractivity contribution in [3.05, 3.63) is 48.0 Å². The van der Waals surface area contributed by atoms with Gasteiger partial charge in [-0.3, -0.25) is 0 Å². The van der Waals surface area contributed by atoms with Crippen LogP contribution in [0.2, 0.25) is 0 Å². The summed E-state index contributed by atoms with van der Waals surface area (Å²) in [6.07, 6.45) is 0. The largest absolute Gasteiger partial charge is 0.399 e. The zero-order valence-corrected chi connectivity index (χ0v) is 11.6. The van der Waals surface area contributed by atoms with Gasteiger partial charge in [0.05, 0.1) is 17.1 Å². The van der Waals surface area contributed by atoms with Gasteiger partial charge in [0.1, 0.15) is 7.11 Å². The molecule has 0 bridgehead atoms. The van der Waals surface area contributed by atoms with Gasteiger partial charge < -0.3 is 10.2 Å². The van der Waals surface area contributed by atoms with Crippen molar-refractivity contribution in [2.45, 2.75) is 16.7 Å². The van der Waals surface area contributed by atoms with Crippen LogP contribution in [-0.4, -0.2) is 12.8 Å². The van der Waals surface area contributed by atoms with Gasteiger partial charge in [0.15, 0.2) is 0 Å². The second kappa shape index (κ2) is 4.97. The second-order valence-electron chi connectivity index (χ2n) is 4.29. The molecule has 0 fully saturated rings. The molecule has 0 saturated heterocycles. The van der Waals surface area contributed by atoms with Gasteiger partial charge in [-0.25, -0.2) is 0 Å². The molecule has 0 amide bonds. The van der Waals surface area contributed by atoms with E-state index in [0.717, 1.165) is 22.6 Å². The molecule has 19 heavy (non-hydrogen) atoms. The summed E-state index contributed by atoms with van der Waals surface area (Å²) in [5, 5.41) is 7.43. The molecule has 0 spiro atoms. The molecule has 1 aliphatic heterocycles. The first-order valence-electron chi connectivity index (χ1n) is 6.04. The lowest BCUT2D eigenvalue weighted by Gasteiger charge is -2.21. The van der Waals surface area contributed by atoms with E-state index in [0.29, 0.717) is 0 Å². The minimum atomic E-state index is 0.871. The van der Waals surface area contributed by atoms with Crippen LogP contribution in [0.15, 0.2) is 57.4 Å². The average molecular weight is 270 g/mol. The summed E-state index contributed by atoms with van der Waals surface area (Å²) >= 11 is 1.78. The van der Waals surface area contributed by atoms with Crippen molar-refractivity contribution in [3.8, 4) is 0 Å². The number of anilines is 2. The van der Waals surface area contributed by atoms with E-state index in [1.54, 1.807) is 18.9 Å². The zero-order chi connectivity index (χ0) is 13.2. The summed E-state index contributed by atoms with van der Waals surface area (Å²) in [5.41, 5.74) is 4.20. The minimum Gasteiger partial charge on any atom is -0.399 e. The van der Waals surface area contributed by atoms with E-state index in [2.05, 4.69) is 46.9 Å². The third kappa shape index (κ3) is 2.31. The summed E-state index contributed by atoms with van der Waals surface area (Å²) in [6.45, 7) is 1.94. The lowest BCUT2D eigenvalue weighted by molar-refractivity contribution is 0.213. The summed E-state index contributed by atoms with van der Waals surface area (Å²) in [4.78, 5) is 7.30. The molecule has 96 valence electrons. The van der Waals surface area contributed by atoms with Gasteiger partial charge in [0.25, 0.3) is 0 Å². The van der Waals surface area contributed by atoms with Gasteiger partial charge in [-0.05, 0) is 31.2 Å². The van der Waals surface area contributed by atoms with Gasteiger partial charge in [-0.2, -0.15) is 0 Å². The smallest absolute Gasteiger partial charge is 0.106 e. The van der Waals surface area contributed by atoms with Gasteiger partial charge in [0.2, 0.25) is 0 Å². The van der Waals surface area contributed by atoms with Crippen molar-refractivity contribution in [2.24, 2.45) is 5.16 Å². The van der Waals surface area contributed by atoms with Gasteiger partial charge >= 0.3 is 0 Å².